The number of rotatable bonds is 4. The summed E-state index contributed by atoms with van der Waals surface area (Å²) in [6.45, 7) is 3.94. The third-order valence-corrected chi connectivity index (χ3v) is 5.13. The number of halogens is 1. The number of likely N-dealkylation sites (tertiary alicyclic amines) is 2. The highest BCUT2D eigenvalue weighted by Crippen LogP contribution is 2.24. The maximum atomic E-state index is 13.1. The average Bonchev–Trinajstić information content (AvgIpc) is 3.06. The Morgan fingerprint density at radius 1 is 1.17 bits per heavy atom. The van der Waals surface area contributed by atoms with E-state index in [9.17, 15) is 9.18 Å². The molecule has 1 aromatic carbocycles. The van der Waals surface area contributed by atoms with Crippen molar-refractivity contribution in [2.45, 2.75) is 38.3 Å². The van der Waals surface area contributed by atoms with Gasteiger partial charge in [0.1, 0.15) is 5.82 Å². The zero-order valence-corrected chi connectivity index (χ0v) is 13.6. The van der Waals surface area contributed by atoms with Crippen molar-refractivity contribution >= 4 is 5.91 Å². The number of carbonyl (C=O) groups is 1. The Labute approximate surface area is 137 Å². The molecular formula is C18H26FN3O. The van der Waals surface area contributed by atoms with Crippen LogP contribution in [0.5, 0.6) is 0 Å². The van der Waals surface area contributed by atoms with Gasteiger partial charge in [0.2, 0.25) is 5.91 Å². The van der Waals surface area contributed by atoms with Crippen molar-refractivity contribution in [3.8, 4) is 0 Å². The molecule has 0 unspecified atom stereocenters. The van der Waals surface area contributed by atoms with Gasteiger partial charge in [-0.15, -0.1) is 0 Å². The smallest absolute Gasteiger partial charge is 0.239 e. The SMILES string of the molecule is NC[C@H]1CCN(C(=O)[C@@H]2CCCCN2Cc2ccc(F)cc2)C1. The van der Waals surface area contributed by atoms with Crippen molar-refractivity contribution < 1.29 is 9.18 Å². The first-order valence-corrected chi connectivity index (χ1v) is 8.64. The van der Waals surface area contributed by atoms with Gasteiger partial charge >= 0.3 is 0 Å². The molecule has 0 radical (unpaired) electrons. The first-order chi connectivity index (χ1) is 11.2. The van der Waals surface area contributed by atoms with Gasteiger partial charge in [0, 0.05) is 19.6 Å². The molecule has 2 aliphatic rings. The first-order valence-electron chi connectivity index (χ1n) is 8.64. The zero-order valence-electron chi connectivity index (χ0n) is 13.6. The van der Waals surface area contributed by atoms with Crippen molar-refractivity contribution in [3.63, 3.8) is 0 Å². The normalized spacial score (nSPS) is 25.7. The highest BCUT2D eigenvalue weighted by Gasteiger charge is 2.34. The van der Waals surface area contributed by atoms with Crippen LogP contribution in [0.2, 0.25) is 0 Å². The van der Waals surface area contributed by atoms with Gasteiger partial charge in [-0.2, -0.15) is 0 Å². The Morgan fingerprint density at radius 2 is 1.96 bits per heavy atom. The number of nitrogens with zero attached hydrogens (tertiary/aromatic N) is 2. The minimum Gasteiger partial charge on any atom is -0.341 e. The molecule has 3 rings (SSSR count). The topological polar surface area (TPSA) is 49.6 Å². The van der Waals surface area contributed by atoms with E-state index in [1.807, 2.05) is 17.0 Å². The van der Waals surface area contributed by atoms with Crippen LogP contribution in [-0.4, -0.2) is 47.9 Å². The summed E-state index contributed by atoms with van der Waals surface area (Å²) < 4.78 is 13.1. The molecule has 0 aliphatic carbocycles. The van der Waals surface area contributed by atoms with Crippen LogP contribution in [0.25, 0.3) is 0 Å². The Hall–Kier alpha value is -1.46. The molecule has 2 fully saturated rings. The lowest BCUT2D eigenvalue weighted by atomic mass is 10.00. The second-order valence-corrected chi connectivity index (χ2v) is 6.78. The summed E-state index contributed by atoms with van der Waals surface area (Å²) >= 11 is 0. The van der Waals surface area contributed by atoms with Gasteiger partial charge < -0.3 is 10.6 Å². The van der Waals surface area contributed by atoms with Crippen LogP contribution in [0.1, 0.15) is 31.2 Å². The summed E-state index contributed by atoms with van der Waals surface area (Å²) in [6.07, 6.45) is 4.16. The molecule has 4 nitrogen and oxygen atoms in total. The molecule has 2 atom stereocenters. The lowest BCUT2D eigenvalue weighted by molar-refractivity contribution is -0.137. The van der Waals surface area contributed by atoms with Crippen molar-refractivity contribution in [2.75, 3.05) is 26.2 Å². The molecule has 1 amide bonds. The molecular weight excluding hydrogens is 293 g/mol. The van der Waals surface area contributed by atoms with Gasteiger partial charge in [-0.1, -0.05) is 18.6 Å². The van der Waals surface area contributed by atoms with Crippen molar-refractivity contribution in [1.82, 2.24) is 9.80 Å². The quantitative estimate of drug-likeness (QED) is 0.923. The fraction of sp³-hybridized carbons (Fsp3) is 0.611. The zero-order chi connectivity index (χ0) is 16.2. The predicted molar refractivity (Wildman–Crippen MR) is 88.2 cm³/mol. The molecule has 0 aromatic heterocycles. The number of amides is 1. The van der Waals surface area contributed by atoms with Gasteiger partial charge in [-0.05, 0) is 56.0 Å². The molecule has 1 aromatic rings. The Morgan fingerprint density at radius 3 is 2.65 bits per heavy atom. The predicted octanol–water partition coefficient (Wildman–Crippen LogP) is 1.99. The molecule has 23 heavy (non-hydrogen) atoms. The number of carbonyl (C=O) groups excluding carboxylic acids is 1. The molecule has 126 valence electrons. The van der Waals surface area contributed by atoms with E-state index >= 15 is 0 Å². The average molecular weight is 319 g/mol. The molecule has 2 N–H and O–H groups in total. The Balaban J connectivity index is 1.66. The fourth-order valence-electron chi connectivity index (χ4n) is 3.72. The van der Waals surface area contributed by atoms with Crippen LogP contribution in [0.15, 0.2) is 24.3 Å². The van der Waals surface area contributed by atoms with Crippen molar-refractivity contribution in [3.05, 3.63) is 35.6 Å². The minimum atomic E-state index is -0.218. The second kappa shape index (κ2) is 7.41. The van der Waals surface area contributed by atoms with Crippen molar-refractivity contribution in [2.24, 2.45) is 11.7 Å². The van der Waals surface area contributed by atoms with Crippen LogP contribution < -0.4 is 5.73 Å². The second-order valence-electron chi connectivity index (χ2n) is 6.78. The van der Waals surface area contributed by atoms with E-state index in [1.54, 1.807) is 0 Å². The van der Waals surface area contributed by atoms with Gasteiger partial charge in [0.25, 0.3) is 0 Å². The van der Waals surface area contributed by atoms with Gasteiger partial charge in [-0.25, -0.2) is 4.39 Å². The Kier molecular flexibility index (Phi) is 5.28. The highest BCUT2D eigenvalue weighted by molar-refractivity contribution is 5.82. The summed E-state index contributed by atoms with van der Waals surface area (Å²) in [5.74, 6) is 0.487. The van der Waals surface area contributed by atoms with Gasteiger partial charge in [0.15, 0.2) is 0 Å². The van der Waals surface area contributed by atoms with E-state index in [-0.39, 0.29) is 17.8 Å². The summed E-state index contributed by atoms with van der Waals surface area (Å²) in [5, 5.41) is 0. The van der Waals surface area contributed by atoms with Crippen LogP contribution in [0.4, 0.5) is 4.39 Å². The Bertz CT molecular complexity index is 534. The molecule has 5 heteroatoms. The monoisotopic (exact) mass is 319 g/mol. The summed E-state index contributed by atoms with van der Waals surface area (Å²) in [4.78, 5) is 17.2. The largest absolute Gasteiger partial charge is 0.341 e. The molecule has 2 aliphatic heterocycles. The number of nitrogens with two attached hydrogens (primary N) is 1. The van der Waals surface area contributed by atoms with E-state index in [0.717, 1.165) is 50.9 Å². The minimum absolute atomic E-state index is 0.0367. The van der Waals surface area contributed by atoms with Crippen molar-refractivity contribution in [1.29, 1.82) is 0 Å². The number of hydrogen-bond acceptors (Lipinski definition) is 3. The molecule has 0 bridgehead atoms. The van der Waals surface area contributed by atoms with E-state index in [1.165, 1.54) is 12.1 Å². The third-order valence-electron chi connectivity index (χ3n) is 5.13. The summed E-state index contributed by atoms with van der Waals surface area (Å²) in [5.41, 5.74) is 6.80. The van der Waals surface area contributed by atoms with Crippen LogP contribution in [-0.2, 0) is 11.3 Å². The summed E-state index contributed by atoms with van der Waals surface area (Å²) in [7, 11) is 0. The lowest BCUT2D eigenvalue weighted by Gasteiger charge is -2.36. The van der Waals surface area contributed by atoms with Crippen LogP contribution in [0, 0.1) is 11.7 Å². The molecule has 0 spiro atoms. The molecule has 2 saturated heterocycles. The van der Waals surface area contributed by atoms with Gasteiger partial charge in [0.05, 0.1) is 6.04 Å². The number of hydrogen-bond donors (Lipinski definition) is 1. The maximum Gasteiger partial charge on any atom is 0.239 e. The van der Waals surface area contributed by atoms with E-state index in [2.05, 4.69) is 4.90 Å². The lowest BCUT2D eigenvalue weighted by Crippen LogP contribution is -2.50. The first kappa shape index (κ1) is 16.4. The van der Waals surface area contributed by atoms with E-state index in [4.69, 9.17) is 5.73 Å². The molecule has 2 heterocycles. The number of piperidine rings is 1. The van der Waals surface area contributed by atoms with E-state index in [0.29, 0.717) is 19.0 Å². The van der Waals surface area contributed by atoms with Crippen LogP contribution >= 0.6 is 0 Å². The van der Waals surface area contributed by atoms with Gasteiger partial charge in [-0.3, -0.25) is 9.69 Å². The highest BCUT2D eigenvalue weighted by atomic mass is 19.1. The van der Waals surface area contributed by atoms with Crippen LogP contribution in [0.3, 0.4) is 0 Å². The standard InChI is InChI=1S/C18H26FN3O/c19-16-6-4-14(5-7-16)12-21-9-2-1-3-17(21)18(23)22-10-8-15(11-20)13-22/h4-7,15,17H,1-3,8-13,20H2/t15-,17+/m1/s1. The fourth-order valence-corrected chi connectivity index (χ4v) is 3.72. The summed E-state index contributed by atoms with van der Waals surface area (Å²) in [6, 6.07) is 6.56. The maximum absolute atomic E-state index is 13.1. The molecule has 0 saturated carbocycles. The number of benzene rings is 1. The third kappa shape index (κ3) is 3.90. The van der Waals surface area contributed by atoms with E-state index < -0.39 is 0 Å².